The third kappa shape index (κ3) is 6.57. The van der Waals surface area contributed by atoms with Crippen molar-refractivity contribution < 1.29 is 28.7 Å². The van der Waals surface area contributed by atoms with Gasteiger partial charge in [-0.15, -0.1) is 0 Å². The van der Waals surface area contributed by atoms with Crippen LogP contribution in [0.15, 0.2) is 103 Å². The molecule has 238 valence electrons. The third-order valence-electron chi connectivity index (χ3n) is 8.39. The van der Waals surface area contributed by atoms with Gasteiger partial charge in [0, 0.05) is 29.4 Å². The zero-order chi connectivity index (χ0) is 32.9. The Kier molecular flexibility index (Phi) is 9.01. The Labute approximate surface area is 271 Å². The highest BCUT2D eigenvalue weighted by Gasteiger charge is 2.30. The molecule has 4 N–H and O–H groups in total. The monoisotopic (exact) mass is 630 g/mol. The van der Waals surface area contributed by atoms with E-state index in [1.54, 1.807) is 24.4 Å². The maximum atomic E-state index is 13.4. The lowest BCUT2D eigenvalue weighted by molar-refractivity contribution is -0.142. The summed E-state index contributed by atoms with van der Waals surface area (Å²) in [6.07, 6.45) is 1.25. The number of esters is 1. The second-order valence-corrected chi connectivity index (χ2v) is 11.3. The minimum atomic E-state index is -0.982. The molecule has 4 aromatic carbocycles. The van der Waals surface area contributed by atoms with E-state index < -0.39 is 36.0 Å². The molecule has 0 aliphatic heterocycles. The number of carbonyl (C=O) groups excluding carboxylic acids is 4. The van der Waals surface area contributed by atoms with Gasteiger partial charge in [0.05, 0.1) is 18.4 Å². The van der Waals surface area contributed by atoms with E-state index in [2.05, 4.69) is 33.1 Å². The van der Waals surface area contributed by atoms with Crippen molar-refractivity contribution in [2.45, 2.75) is 31.3 Å². The first-order valence-corrected chi connectivity index (χ1v) is 15.3. The average molecular weight is 631 g/mol. The zero-order valence-corrected chi connectivity index (χ0v) is 25.9. The molecule has 0 saturated carbocycles. The number of para-hydroxylation sites is 2. The summed E-state index contributed by atoms with van der Waals surface area (Å²) < 4.78 is 10.6. The van der Waals surface area contributed by atoms with Crippen LogP contribution in [0, 0.1) is 0 Å². The maximum Gasteiger partial charge on any atom is 0.407 e. The van der Waals surface area contributed by atoms with Gasteiger partial charge in [-0.05, 0) is 52.9 Å². The summed E-state index contributed by atoms with van der Waals surface area (Å²) in [6, 6.07) is 28.2. The zero-order valence-electron chi connectivity index (χ0n) is 25.9. The molecule has 5 aromatic rings. The molecule has 2 atom stereocenters. The Morgan fingerprint density at radius 1 is 0.809 bits per heavy atom. The Morgan fingerprint density at radius 3 is 2.17 bits per heavy atom. The number of carbonyl (C=O) groups is 4. The standard InChI is InChI=1S/C37H34N4O6/c1-22(39-37(45)47-21-30-27-14-5-3-12-25(27)26-13-4-6-15-28(26)30)34(42)40-32-18-10-8-16-29(32)35(43)41-33(36(44)46-2)19-23-20-38-31-17-9-7-11-24(23)31/h3-18,20,22,30,33,38H,19,21H2,1-2H3,(H,39,45)(H,40,42)(H,41,43)/t22-,33-/m1/s1. The van der Waals surface area contributed by atoms with Gasteiger partial charge in [0.25, 0.3) is 5.91 Å². The van der Waals surface area contributed by atoms with Crippen molar-refractivity contribution in [1.29, 1.82) is 0 Å². The summed E-state index contributed by atoms with van der Waals surface area (Å²) >= 11 is 0. The van der Waals surface area contributed by atoms with E-state index in [4.69, 9.17) is 9.47 Å². The van der Waals surface area contributed by atoms with Crippen molar-refractivity contribution in [3.63, 3.8) is 0 Å². The topological polar surface area (TPSA) is 139 Å². The van der Waals surface area contributed by atoms with Crippen LogP contribution < -0.4 is 16.0 Å². The molecule has 0 spiro atoms. The summed E-state index contributed by atoms with van der Waals surface area (Å²) in [5.74, 6) is -1.85. The van der Waals surface area contributed by atoms with E-state index >= 15 is 0 Å². The fourth-order valence-corrected chi connectivity index (χ4v) is 6.01. The Hall–Kier alpha value is -5.90. The van der Waals surface area contributed by atoms with Gasteiger partial charge < -0.3 is 30.4 Å². The van der Waals surface area contributed by atoms with Crippen molar-refractivity contribution >= 4 is 40.5 Å². The largest absolute Gasteiger partial charge is 0.467 e. The van der Waals surface area contributed by atoms with E-state index in [9.17, 15) is 19.2 Å². The minimum Gasteiger partial charge on any atom is -0.467 e. The predicted octanol–water partition coefficient (Wildman–Crippen LogP) is 5.55. The van der Waals surface area contributed by atoms with Crippen molar-refractivity contribution in [2.75, 3.05) is 19.0 Å². The molecule has 1 aromatic heterocycles. The minimum absolute atomic E-state index is 0.108. The number of benzene rings is 4. The highest BCUT2D eigenvalue weighted by Crippen LogP contribution is 2.44. The van der Waals surface area contributed by atoms with Crippen LogP contribution in [0.2, 0.25) is 0 Å². The summed E-state index contributed by atoms with van der Waals surface area (Å²) in [5.41, 5.74) is 6.49. The number of aromatic nitrogens is 1. The number of fused-ring (bicyclic) bond motifs is 4. The van der Waals surface area contributed by atoms with E-state index in [0.717, 1.165) is 38.7 Å². The van der Waals surface area contributed by atoms with E-state index in [1.165, 1.54) is 20.1 Å². The van der Waals surface area contributed by atoms with Gasteiger partial charge in [-0.3, -0.25) is 9.59 Å². The summed E-state index contributed by atoms with van der Waals surface area (Å²) in [6.45, 7) is 1.63. The van der Waals surface area contributed by atoms with Crippen molar-refractivity contribution in [2.24, 2.45) is 0 Å². The van der Waals surface area contributed by atoms with Gasteiger partial charge in [0.15, 0.2) is 0 Å². The summed E-state index contributed by atoms with van der Waals surface area (Å²) in [5, 5.41) is 8.97. The quantitative estimate of drug-likeness (QED) is 0.149. The maximum absolute atomic E-state index is 13.4. The predicted molar refractivity (Wildman–Crippen MR) is 178 cm³/mol. The second-order valence-electron chi connectivity index (χ2n) is 11.3. The van der Waals surface area contributed by atoms with Gasteiger partial charge in [-0.2, -0.15) is 0 Å². The third-order valence-corrected chi connectivity index (χ3v) is 8.39. The van der Waals surface area contributed by atoms with Crippen LogP contribution in [0.1, 0.15) is 39.9 Å². The Morgan fingerprint density at radius 2 is 1.45 bits per heavy atom. The molecule has 0 fully saturated rings. The first-order valence-electron chi connectivity index (χ1n) is 15.3. The molecule has 3 amide bonds. The van der Waals surface area contributed by atoms with Crippen molar-refractivity contribution in [3.8, 4) is 11.1 Å². The molecule has 1 aliphatic rings. The lowest BCUT2D eigenvalue weighted by Gasteiger charge is -2.19. The number of anilines is 1. The molecular formula is C37H34N4O6. The fourth-order valence-electron chi connectivity index (χ4n) is 6.01. The van der Waals surface area contributed by atoms with Crippen LogP contribution in [0.4, 0.5) is 10.5 Å². The van der Waals surface area contributed by atoms with Gasteiger partial charge >= 0.3 is 12.1 Å². The summed E-state index contributed by atoms with van der Waals surface area (Å²) in [4.78, 5) is 55.2. The number of H-pyrrole nitrogens is 1. The average Bonchev–Trinajstić information content (AvgIpc) is 3.65. The molecule has 0 saturated heterocycles. The molecule has 0 radical (unpaired) electrons. The molecule has 0 bridgehead atoms. The van der Waals surface area contributed by atoms with Gasteiger partial charge in [0.1, 0.15) is 18.7 Å². The van der Waals surface area contributed by atoms with E-state index in [1.807, 2.05) is 60.7 Å². The molecule has 6 rings (SSSR count). The van der Waals surface area contributed by atoms with Crippen LogP contribution >= 0.6 is 0 Å². The van der Waals surface area contributed by atoms with Crippen molar-refractivity contribution in [1.82, 2.24) is 15.6 Å². The van der Waals surface area contributed by atoms with Crippen LogP contribution in [0.25, 0.3) is 22.0 Å². The lowest BCUT2D eigenvalue weighted by atomic mass is 9.98. The number of rotatable bonds is 10. The number of aromatic amines is 1. The van der Waals surface area contributed by atoms with Crippen molar-refractivity contribution in [3.05, 3.63) is 126 Å². The Balaban J connectivity index is 1.08. The fraction of sp³-hybridized carbons (Fsp3) is 0.189. The first kappa shape index (κ1) is 31.1. The first-order chi connectivity index (χ1) is 22.8. The molecule has 10 heteroatoms. The van der Waals surface area contributed by atoms with Crippen LogP contribution in [0.3, 0.4) is 0 Å². The number of ether oxygens (including phenoxy) is 2. The van der Waals surface area contributed by atoms with E-state index in [-0.39, 0.29) is 30.2 Å². The number of hydrogen-bond donors (Lipinski definition) is 4. The molecule has 47 heavy (non-hydrogen) atoms. The lowest BCUT2D eigenvalue weighted by Crippen LogP contribution is -2.44. The summed E-state index contributed by atoms with van der Waals surface area (Å²) in [7, 11) is 1.26. The van der Waals surface area contributed by atoms with Crippen LogP contribution in [-0.4, -0.2) is 54.7 Å². The number of hydrogen-bond acceptors (Lipinski definition) is 6. The second kappa shape index (κ2) is 13.6. The van der Waals surface area contributed by atoms with Crippen LogP contribution in [0.5, 0.6) is 0 Å². The number of alkyl carbamates (subject to hydrolysis) is 1. The number of nitrogens with one attached hydrogen (secondary N) is 4. The van der Waals surface area contributed by atoms with Gasteiger partial charge in [0.2, 0.25) is 5.91 Å². The highest BCUT2D eigenvalue weighted by molar-refractivity contribution is 6.06. The number of amides is 3. The van der Waals surface area contributed by atoms with Gasteiger partial charge in [-0.25, -0.2) is 9.59 Å². The molecule has 0 unspecified atom stereocenters. The van der Waals surface area contributed by atoms with E-state index in [0.29, 0.717) is 0 Å². The highest BCUT2D eigenvalue weighted by atomic mass is 16.5. The number of methoxy groups -OCH3 is 1. The SMILES string of the molecule is COC(=O)[C@@H](Cc1c[nH]c2ccccc12)NC(=O)c1ccccc1NC(=O)[C@@H](C)NC(=O)OCC1c2ccccc2-c2ccccc21. The Bertz CT molecular complexity index is 1920. The smallest absolute Gasteiger partial charge is 0.407 e. The van der Waals surface area contributed by atoms with Gasteiger partial charge in [-0.1, -0.05) is 78.9 Å². The molecule has 1 aliphatic carbocycles. The normalized spacial score (nSPS) is 13.1. The molecule has 10 nitrogen and oxygen atoms in total. The van der Waals surface area contributed by atoms with Crippen LogP contribution in [-0.2, 0) is 25.5 Å². The molecule has 1 heterocycles. The molecular weight excluding hydrogens is 596 g/mol.